The molecule has 21 heavy (non-hydrogen) atoms. The zero-order valence-corrected chi connectivity index (χ0v) is 12.6. The maximum absolute atomic E-state index is 5.98. The van der Waals surface area contributed by atoms with E-state index >= 15 is 0 Å². The Kier molecular flexibility index (Phi) is 3.60. The molecule has 3 aromatic rings. The number of aryl methyl sites for hydroxylation is 1. The highest BCUT2D eigenvalue weighted by Crippen LogP contribution is 2.31. The lowest BCUT2D eigenvalue weighted by atomic mass is 10.1. The van der Waals surface area contributed by atoms with Crippen molar-refractivity contribution in [3.63, 3.8) is 0 Å². The van der Waals surface area contributed by atoms with Crippen molar-refractivity contribution in [1.29, 1.82) is 0 Å². The topological polar surface area (TPSA) is 51.0 Å². The van der Waals surface area contributed by atoms with Gasteiger partial charge in [-0.1, -0.05) is 25.0 Å². The van der Waals surface area contributed by atoms with Crippen LogP contribution in [-0.2, 0) is 6.42 Å². The van der Waals surface area contributed by atoms with Crippen molar-refractivity contribution >= 4 is 16.8 Å². The Morgan fingerprint density at radius 1 is 1.19 bits per heavy atom. The summed E-state index contributed by atoms with van der Waals surface area (Å²) in [5, 5.41) is 4.25. The number of nitrogens with one attached hydrogen (secondary N) is 1. The molecule has 0 spiro atoms. The Labute approximate surface area is 124 Å². The van der Waals surface area contributed by atoms with E-state index in [4.69, 9.17) is 4.42 Å². The average Bonchev–Trinajstić information content (AvgIpc) is 2.90. The number of benzene rings is 1. The summed E-state index contributed by atoms with van der Waals surface area (Å²) in [5.41, 5.74) is 4.10. The van der Waals surface area contributed by atoms with Gasteiger partial charge in [0.05, 0.1) is 0 Å². The van der Waals surface area contributed by atoms with Crippen LogP contribution in [0.25, 0.3) is 22.4 Å². The van der Waals surface area contributed by atoms with Crippen LogP contribution in [0.5, 0.6) is 0 Å². The second-order valence-electron chi connectivity index (χ2n) is 5.20. The molecule has 3 rings (SSSR count). The van der Waals surface area contributed by atoms with Crippen molar-refractivity contribution < 1.29 is 4.42 Å². The Bertz CT molecular complexity index is 777. The monoisotopic (exact) mass is 281 g/mol. The van der Waals surface area contributed by atoms with Crippen molar-refractivity contribution in [3.05, 3.63) is 41.7 Å². The number of nitrogens with zero attached hydrogens (tertiary/aromatic N) is 2. The Balaban J connectivity index is 2.17. The summed E-state index contributed by atoms with van der Waals surface area (Å²) in [5.74, 6) is 1.68. The standard InChI is InChI=1S/C17H19N3O/c1-4-5-13-16(19-10-20-17(13)18-3)15-9-12-8-11(2)6-7-14(12)21-15/h6-10H,4-5H2,1-3H3,(H,18,19,20). The first-order chi connectivity index (χ1) is 10.2. The molecular formula is C17H19N3O. The van der Waals surface area contributed by atoms with E-state index in [9.17, 15) is 0 Å². The lowest BCUT2D eigenvalue weighted by molar-refractivity contribution is 0.626. The quantitative estimate of drug-likeness (QED) is 0.779. The van der Waals surface area contributed by atoms with Crippen LogP contribution in [0.1, 0.15) is 24.5 Å². The maximum atomic E-state index is 5.98. The van der Waals surface area contributed by atoms with Crippen LogP contribution < -0.4 is 5.32 Å². The SMILES string of the molecule is CCCc1c(NC)ncnc1-c1cc2cc(C)ccc2o1. The average molecular weight is 281 g/mol. The van der Waals surface area contributed by atoms with Crippen molar-refractivity contribution in [2.24, 2.45) is 0 Å². The van der Waals surface area contributed by atoms with E-state index in [1.54, 1.807) is 6.33 Å². The summed E-state index contributed by atoms with van der Waals surface area (Å²) in [4.78, 5) is 8.76. The fourth-order valence-corrected chi connectivity index (χ4v) is 2.61. The molecule has 0 unspecified atom stereocenters. The van der Waals surface area contributed by atoms with E-state index in [0.29, 0.717) is 0 Å². The molecule has 0 atom stereocenters. The molecule has 0 aliphatic rings. The van der Waals surface area contributed by atoms with Gasteiger partial charge in [-0.25, -0.2) is 9.97 Å². The third-order valence-electron chi connectivity index (χ3n) is 3.59. The van der Waals surface area contributed by atoms with E-state index in [1.807, 2.05) is 13.1 Å². The molecule has 4 heteroatoms. The van der Waals surface area contributed by atoms with Crippen LogP contribution in [0.15, 0.2) is 35.0 Å². The summed E-state index contributed by atoms with van der Waals surface area (Å²) < 4.78 is 5.98. The second-order valence-corrected chi connectivity index (χ2v) is 5.20. The molecule has 0 aliphatic carbocycles. The highest BCUT2D eigenvalue weighted by atomic mass is 16.3. The highest BCUT2D eigenvalue weighted by Gasteiger charge is 2.15. The molecule has 2 heterocycles. The van der Waals surface area contributed by atoms with Crippen molar-refractivity contribution in [3.8, 4) is 11.5 Å². The summed E-state index contributed by atoms with van der Waals surface area (Å²) >= 11 is 0. The van der Waals surface area contributed by atoms with E-state index in [1.165, 1.54) is 5.56 Å². The van der Waals surface area contributed by atoms with E-state index in [-0.39, 0.29) is 0 Å². The number of hydrogen-bond donors (Lipinski definition) is 1. The van der Waals surface area contributed by atoms with E-state index < -0.39 is 0 Å². The minimum absolute atomic E-state index is 0.804. The summed E-state index contributed by atoms with van der Waals surface area (Å²) in [6.45, 7) is 4.23. The molecule has 2 aromatic heterocycles. The number of anilines is 1. The first-order valence-electron chi connectivity index (χ1n) is 7.25. The van der Waals surface area contributed by atoms with Gasteiger partial charge in [-0.3, -0.25) is 0 Å². The van der Waals surface area contributed by atoms with Gasteiger partial charge in [0.2, 0.25) is 0 Å². The van der Waals surface area contributed by atoms with Gasteiger partial charge in [0, 0.05) is 18.0 Å². The first kappa shape index (κ1) is 13.6. The lowest BCUT2D eigenvalue weighted by Gasteiger charge is -2.10. The maximum Gasteiger partial charge on any atom is 0.154 e. The predicted octanol–water partition coefficient (Wildman–Crippen LogP) is 4.19. The van der Waals surface area contributed by atoms with Crippen molar-refractivity contribution in [2.75, 3.05) is 12.4 Å². The van der Waals surface area contributed by atoms with Crippen molar-refractivity contribution in [2.45, 2.75) is 26.7 Å². The minimum atomic E-state index is 0.804. The zero-order chi connectivity index (χ0) is 14.8. The smallest absolute Gasteiger partial charge is 0.154 e. The molecule has 108 valence electrons. The molecule has 0 fully saturated rings. The number of fused-ring (bicyclic) bond motifs is 1. The molecule has 1 aromatic carbocycles. The van der Waals surface area contributed by atoms with E-state index in [2.05, 4.69) is 47.3 Å². The zero-order valence-electron chi connectivity index (χ0n) is 12.6. The van der Waals surface area contributed by atoms with Crippen LogP contribution in [0, 0.1) is 6.92 Å². The molecule has 0 aliphatic heterocycles. The molecular weight excluding hydrogens is 262 g/mol. The fraction of sp³-hybridized carbons (Fsp3) is 0.294. The fourth-order valence-electron chi connectivity index (χ4n) is 2.61. The van der Waals surface area contributed by atoms with Gasteiger partial charge < -0.3 is 9.73 Å². The highest BCUT2D eigenvalue weighted by molar-refractivity contribution is 5.83. The van der Waals surface area contributed by atoms with Gasteiger partial charge >= 0.3 is 0 Å². The first-order valence-corrected chi connectivity index (χ1v) is 7.25. The van der Waals surface area contributed by atoms with Gasteiger partial charge in [0.15, 0.2) is 5.76 Å². The van der Waals surface area contributed by atoms with Gasteiger partial charge in [-0.2, -0.15) is 0 Å². The molecule has 0 bridgehead atoms. The number of rotatable bonds is 4. The molecule has 0 radical (unpaired) electrons. The van der Waals surface area contributed by atoms with Gasteiger partial charge in [-0.15, -0.1) is 0 Å². The lowest BCUT2D eigenvalue weighted by Crippen LogP contribution is -2.02. The molecule has 1 N–H and O–H groups in total. The summed E-state index contributed by atoms with van der Waals surface area (Å²) in [6, 6.07) is 8.25. The molecule has 0 amide bonds. The summed E-state index contributed by atoms with van der Waals surface area (Å²) in [7, 11) is 1.88. The predicted molar refractivity (Wildman–Crippen MR) is 85.5 cm³/mol. The molecule has 0 saturated carbocycles. The number of furan rings is 1. The van der Waals surface area contributed by atoms with Crippen LogP contribution in [0.4, 0.5) is 5.82 Å². The largest absolute Gasteiger partial charge is 0.454 e. The number of hydrogen-bond acceptors (Lipinski definition) is 4. The van der Waals surface area contributed by atoms with Crippen LogP contribution in [0.3, 0.4) is 0 Å². The second kappa shape index (κ2) is 5.56. The summed E-state index contributed by atoms with van der Waals surface area (Å²) in [6.07, 6.45) is 3.54. The normalized spacial score (nSPS) is 11.0. The Morgan fingerprint density at radius 3 is 2.81 bits per heavy atom. The third-order valence-corrected chi connectivity index (χ3v) is 3.59. The third kappa shape index (κ3) is 2.49. The Morgan fingerprint density at radius 2 is 2.05 bits per heavy atom. The van der Waals surface area contributed by atoms with Crippen LogP contribution in [0.2, 0.25) is 0 Å². The molecule has 4 nitrogen and oxygen atoms in total. The van der Waals surface area contributed by atoms with Gasteiger partial charge in [-0.05, 0) is 31.5 Å². The van der Waals surface area contributed by atoms with Crippen LogP contribution in [-0.4, -0.2) is 17.0 Å². The van der Waals surface area contributed by atoms with Crippen molar-refractivity contribution in [1.82, 2.24) is 9.97 Å². The van der Waals surface area contributed by atoms with Gasteiger partial charge in [0.1, 0.15) is 23.4 Å². The van der Waals surface area contributed by atoms with E-state index in [0.717, 1.165) is 46.6 Å². The van der Waals surface area contributed by atoms with Crippen LogP contribution >= 0.6 is 0 Å². The Hall–Kier alpha value is -2.36. The molecule has 0 saturated heterocycles. The minimum Gasteiger partial charge on any atom is -0.454 e. The van der Waals surface area contributed by atoms with Gasteiger partial charge in [0.25, 0.3) is 0 Å². The number of aromatic nitrogens is 2.